The molecule has 0 bridgehead atoms. The van der Waals surface area contributed by atoms with Gasteiger partial charge in [-0.15, -0.1) is 0 Å². The van der Waals surface area contributed by atoms with Crippen LogP contribution >= 0.6 is 0 Å². The molecule has 1 aromatic carbocycles. The first-order chi connectivity index (χ1) is 11.4. The Morgan fingerprint density at radius 2 is 1.54 bits per heavy atom. The second-order valence-corrected chi connectivity index (χ2v) is 11.5. The third-order valence-corrected chi connectivity index (χ3v) is 9.17. The van der Waals surface area contributed by atoms with E-state index in [2.05, 4.69) is 32.2 Å². The molecule has 1 atom stereocenters. The molecule has 0 heterocycles. The lowest BCUT2D eigenvalue weighted by Crippen LogP contribution is -2.51. The van der Waals surface area contributed by atoms with E-state index in [-0.39, 0.29) is 5.54 Å². The fourth-order valence-corrected chi connectivity index (χ4v) is 6.83. The maximum Gasteiger partial charge on any atom is 0.320 e. The molecular formula is C19H30O4Si. The topological polar surface area (TPSA) is 52.6 Å². The van der Waals surface area contributed by atoms with E-state index in [9.17, 15) is 9.59 Å². The minimum absolute atomic E-state index is 0.0497. The van der Waals surface area contributed by atoms with E-state index in [1.807, 2.05) is 18.2 Å². The zero-order valence-electron chi connectivity index (χ0n) is 15.5. The molecule has 0 aromatic heterocycles. The molecule has 0 fully saturated rings. The van der Waals surface area contributed by atoms with Crippen LogP contribution in [0.5, 0.6) is 0 Å². The second-order valence-electron chi connectivity index (χ2n) is 6.71. The molecule has 4 nitrogen and oxygen atoms in total. The van der Waals surface area contributed by atoms with E-state index in [0.717, 1.165) is 25.7 Å². The molecular weight excluding hydrogens is 320 g/mol. The minimum atomic E-state index is -2.08. The summed E-state index contributed by atoms with van der Waals surface area (Å²) in [4.78, 5) is 24.7. The third kappa shape index (κ3) is 4.93. The minimum Gasteiger partial charge on any atom is -0.468 e. The van der Waals surface area contributed by atoms with Gasteiger partial charge in [0.25, 0.3) is 0 Å². The Morgan fingerprint density at radius 3 is 2.00 bits per heavy atom. The lowest BCUT2D eigenvalue weighted by Gasteiger charge is -2.36. The van der Waals surface area contributed by atoms with E-state index in [0.29, 0.717) is 0 Å². The number of hydrogen-bond donors (Lipinski definition) is 0. The van der Waals surface area contributed by atoms with Gasteiger partial charge in [-0.05, 0) is 5.54 Å². The maximum absolute atomic E-state index is 12.4. The summed E-state index contributed by atoms with van der Waals surface area (Å²) in [5, 5.41) is 1.24. The molecule has 0 amide bonds. The van der Waals surface area contributed by atoms with Crippen molar-refractivity contribution in [1.82, 2.24) is 0 Å². The predicted molar refractivity (Wildman–Crippen MR) is 99.0 cm³/mol. The van der Waals surface area contributed by atoms with Crippen LogP contribution in [0.2, 0.25) is 18.6 Å². The van der Waals surface area contributed by atoms with Gasteiger partial charge in [-0.2, -0.15) is 0 Å². The molecule has 1 rings (SSSR count). The fourth-order valence-electron chi connectivity index (χ4n) is 3.32. The van der Waals surface area contributed by atoms with Crippen LogP contribution in [-0.2, 0) is 19.1 Å². The van der Waals surface area contributed by atoms with Gasteiger partial charge in [-0.25, -0.2) is 0 Å². The summed E-state index contributed by atoms with van der Waals surface area (Å²) >= 11 is 0. The number of benzene rings is 1. The number of esters is 2. The number of rotatable bonds is 9. The average molecular weight is 351 g/mol. The fraction of sp³-hybridized carbons (Fsp3) is 0.579. The highest BCUT2D eigenvalue weighted by Gasteiger charge is 2.46. The van der Waals surface area contributed by atoms with Crippen molar-refractivity contribution in [1.29, 1.82) is 0 Å². The summed E-state index contributed by atoms with van der Waals surface area (Å²) < 4.78 is 9.87. The Hall–Kier alpha value is -1.62. The molecule has 0 aliphatic rings. The summed E-state index contributed by atoms with van der Waals surface area (Å²) in [5.74, 6) is -1.82. The van der Waals surface area contributed by atoms with Crippen molar-refractivity contribution in [2.45, 2.75) is 51.2 Å². The zero-order valence-corrected chi connectivity index (χ0v) is 16.5. The van der Waals surface area contributed by atoms with Crippen molar-refractivity contribution in [2.24, 2.45) is 5.92 Å². The van der Waals surface area contributed by atoms with E-state index in [4.69, 9.17) is 9.47 Å². The molecule has 0 N–H and O–H groups in total. The quantitative estimate of drug-likeness (QED) is 0.296. The molecule has 0 saturated heterocycles. The highest BCUT2D eigenvalue weighted by Crippen LogP contribution is 2.36. The molecule has 0 aliphatic carbocycles. The predicted octanol–water partition coefficient (Wildman–Crippen LogP) is 3.51. The SMILES string of the molecule is CCCCCC(C(C(=O)OC)C(=O)OC)[Si](C)(C)c1ccccc1. The van der Waals surface area contributed by atoms with Crippen molar-refractivity contribution >= 4 is 25.2 Å². The van der Waals surface area contributed by atoms with Gasteiger partial charge >= 0.3 is 11.9 Å². The molecule has 0 aliphatic heterocycles. The van der Waals surface area contributed by atoms with Gasteiger partial charge in [0.15, 0.2) is 5.92 Å². The molecule has 134 valence electrons. The van der Waals surface area contributed by atoms with Crippen molar-refractivity contribution in [2.75, 3.05) is 14.2 Å². The highest BCUT2D eigenvalue weighted by atomic mass is 28.3. The first-order valence-corrected chi connectivity index (χ1v) is 11.7. The zero-order chi connectivity index (χ0) is 18.2. The number of methoxy groups -OCH3 is 2. The van der Waals surface area contributed by atoms with Crippen LogP contribution in [0.4, 0.5) is 0 Å². The average Bonchev–Trinajstić information content (AvgIpc) is 2.60. The molecule has 1 aromatic rings. The van der Waals surface area contributed by atoms with Crippen molar-refractivity contribution in [3.05, 3.63) is 30.3 Å². The van der Waals surface area contributed by atoms with E-state index in [1.165, 1.54) is 19.4 Å². The Labute approximate surface area is 146 Å². The maximum atomic E-state index is 12.4. The van der Waals surface area contributed by atoms with E-state index in [1.54, 1.807) is 0 Å². The Kier molecular flexibility index (Phi) is 8.18. The summed E-state index contributed by atoms with van der Waals surface area (Å²) in [7, 11) is 0.582. The Balaban J connectivity index is 3.26. The van der Waals surface area contributed by atoms with Crippen LogP contribution in [0.25, 0.3) is 0 Å². The Morgan fingerprint density at radius 1 is 1.00 bits per heavy atom. The van der Waals surface area contributed by atoms with Crippen LogP contribution in [0.15, 0.2) is 30.3 Å². The first-order valence-electron chi connectivity index (χ1n) is 8.61. The largest absolute Gasteiger partial charge is 0.468 e. The lowest BCUT2D eigenvalue weighted by molar-refractivity contribution is -0.159. The van der Waals surface area contributed by atoms with Crippen LogP contribution < -0.4 is 5.19 Å². The van der Waals surface area contributed by atoms with Gasteiger partial charge < -0.3 is 9.47 Å². The van der Waals surface area contributed by atoms with Gasteiger partial charge in [0, 0.05) is 0 Å². The van der Waals surface area contributed by atoms with Gasteiger partial charge in [-0.1, -0.05) is 81.2 Å². The van der Waals surface area contributed by atoms with Crippen molar-refractivity contribution < 1.29 is 19.1 Å². The third-order valence-electron chi connectivity index (χ3n) is 4.88. The first kappa shape index (κ1) is 20.4. The van der Waals surface area contributed by atoms with Crippen molar-refractivity contribution in [3.63, 3.8) is 0 Å². The summed E-state index contributed by atoms with van der Waals surface area (Å²) in [5.41, 5.74) is -0.0497. The van der Waals surface area contributed by atoms with E-state index >= 15 is 0 Å². The van der Waals surface area contributed by atoms with Gasteiger partial charge in [-0.3, -0.25) is 9.59 Å². The molecule has 5 heteroatoms. The number of ether oxygens (including phenoxy) is 2. The summed E-state index contributed by atoms with van der Waals surface area (Å²) in [6, 6.07) is 10.2. The second kappa shape index (κ2) is 9.62. The smallest absolute Gasteiger partial charge is 0.320 e. The van der Waals surface area contributed by atoms with Crippen LogP contribution in [0.1, 0.15) is 32.6 Å². The van der Waals surface area contributed by atoms with Gasteiger partial charge in [0.2, 0.25) is 0 Å². The van der Waals surface area contributed by atoms with Gasteiger partial charge in [0.1, 0.15) is 0 Å². The normalized spacial score (nSPS) is 12.8. The molecule has 24 heavy (non-hydrogen) atoms. The monoisotopic (exact) mass is 350 g/mol. The number of unbranched alkanes of at least 4 members (excludes halogenated alkanes) is 2. The highest BCUT2D eigenvalue weighted by molar-refractivity contribution is 6.91. The summed E-state index contributed by atoms with van der Waals surface area (Å²) in [6.45, 7) is 6.59. The van der Waals surface area contributed by atoms with Crippen molar-refractivity contribution in [3.8, 4) is 0 Å². The van der Waals surface area contributed by atoms with Gasteiger partial charge in [0.05, 0.1) is 22.3 Å². The Bertz CT molecular complexity index is 511. The van der Waals surface area contributed by atoms with Crippen LogP contribution in [-0.4, -0.2) is 34.2 Å². The number of carbonyl (C=O) groups excluding carboxylic acids is 2. The molecule has 0 spiro atoms. The number of hydrogen-bond acceptors (Lipinski definition) is 4. The van der Waals surface area contributed by atoms with Crippen LogP contribution in [0.3, 0.4) is 0 Å². The van der Waals surface area contributed by atoms with Crippen LogP contribution in [0, 0.1) is 5.92 Å². The molecule has 1 unspecified atom stereocenters. The molecule has 0 radical (unpaired) electrons. The summed E-state index contributed by atoms with van der Waals surface area (Å²) in [6.07, 6.45) is 4.01. The standard InChI is InChI=1S/C19H30O4Si/c1-6-7-9-14-16(17(18(20)22-2)19(21)23-3)24(4,5)15-12-10-8-11-13-15/h8,10-13,16-17H,6-7,9,14H2,1-5H3. The van der Waals surface area contributed by atoms with E-state index < -0.39 is 25.9 Å². The lowest BCUT2D eigenvalue weighted by atomic mass is 10.00. The number of carbonyl (C=O) groups is 2. The molecule has 0 saturated carbocycles.